The summed E-state index contributed by atoms with van der Waals surface area (Å²) in [5.74, 6) is 0. The fourth-order valence-electron chi connectivity index (χ4n) is 1.56. The largest absolute Gasteiger partial charge is 0.380 e. The minimum Gasteiger partial charge on any atom is -0.380 e. The Morgan fingerprint density at radius 1 is 1.73 bits per heavy atom. The Morgan fingerprint density at radius 2 is 2.45 bits per heavy atom. The predicted octanol–water partition coefficient (Wildman–Crippen LogP) is 0.0543. The van der Waals surface area contributed by atoms with Gasteiger partial charge in [0, 0.05) is 32.8 Å². The van der Waals surface area contributed by atoms with Crippen molar-refractivity contribution in [1.29, 1.82) is 0 Å². The maximum absolute atomic E-state index is 5.68. The summed E-state index contributed by atoms with van der Waals surface area (Å²) in [5, 5.41) is 0. The van der Waals surface area contributed by atoms with Crippen molar-refractivity contribution in [2.45, 2.75) is 25.5 Å². The van der Waals surface area contributed by atoms with E-state index in [0.717, 1.165) is 26.1 Å². The van der Waals surface area contributed by atoms with Gasteiger partial charge >= 0.3 is 0 Å². The molecule has 0 amide bonds. The molecule has 11 heavy (non-hydrogen) atoms. The zero-order valence-electron chi connectivity index (χ0n) is 7.42. The Balaban J connectivity index is 2.19. The van der Waals surface area contributed by atoms with Crippen LogP contribution in [-0.4, -0.2) is 43.8 Å². The molecule has 3 heteroatoms. The lowest BCUT2D eigenvalue weighted by Gasteiger charge is -2.17. The van der Waals surface area contributed by atoms with E-state index in [9.17, 15) is 0 Å². The maximum atomic E-state index is 5.68. The summed E-state index contributed by atoms with van der Waals surface area (Å²) in [5.41, 5.74) is 5.68. The highest BCUT2D eigenvalue weighted by Gasteiger charge is 2.21. The van der Waals surface area contributed by atoms with Crippen LogP contribution in [0.15, 0.2) is 0 Å². The molecule has 1 rings (SSSR count). The molecule has 0 saturated carbocycles. The summed E-state index contributed by atoms with van der Waals surface area (Å²) < 4.78 is 5.24. The van der Waals surface area contributed by atoms with Gasteiger partial charge in [-0.2, -0.15) is 0 Å². The molecule has 1 aliphatic heterocycles. The van der Waals surface area contributed by atoms with E-state index in [2.05, 4.69) is 4.90 Å². The molecule has 1 unspecified atom stereocenters. The molecular weight excluding hydrogens is 140 g/mol. The van der Waals surface area contributed by atoms with Gasteiger partial charge in [0.25, 0.3) is 0 Å². The quantitative estimate of drug-likeness (QED) is 0.631. The van der Waals surface area contributed by atoms with E-state index in [1.54, 1.807) is 7.11 Å². The number of ether oxygens (including phenoxy) is 1. The Kier molecular flexibility index (Phi) is 3.30. The lowest BCUT2D eigenvalue weighted by molar-refractivity contribution is 0.107. The van der Waals surface area contributed by atoms with Crippen LogP contribution in [-0.2, 0) is 4.74 Å². The molecule has 1 aliphatic rings. The molecule has 0 radical (unpaired) electrons. The first kappa shape index (κ1) is 8.97. The molecular formula is C8H18N2O. The first-order chi connectivity index (χ1) is 5.22. The third-order valence-electron chi connectivity index (χ3n) is 2.11. The molecule has 0 aromatic carbocycles. The molecule has 1 saturated heterocycles. The van der Waals surface area contributed by atoms with Gasteiger partial charge in [-0.1, -0.05) is 0 Å². The van der Waals surface area contributed by atoms with E-state index in [1.165, 1.54) is 0 Å². The fraction of sp³-hybridized carbons (Fsp3) is 1.00. The first-order valence-electron chi connectivity index (χ1n) is 4.23. The van der Waals surface area contributed by atoms with Gasteiger partial charge in [0.1, 0.15) is 0 Å². The van der Waals surface area contributed by atoms with Gasteiger partial charge in [0.15, 0.2) is 0 Å². The number of hydrogen-bond donors (Lipinski definition) is 1. The van der Waals surface area contributed by atoms with Crippen LogP contribution in [0.4, 0.5) is 0 Å². The van der Waals surface area contributed by atoms with Crippen molar-refractivity contribution in [1.82, 2.24) is 4.90 Å². The second-order valence-electron chi connectivity index (χ2n) is 3.38. The molecule has 66 valence electrons. The molecule has 0 spiro atoms. The molecule has 0 bridgehead atoms. The standard InChI is InChI=1S/C8H18N2O/c1-7(9)5-10-4-3-8(6-10)11-2/h7-8H,3-6,9H2,1-2H3/t7-,8?/m1/s1. The van der Waals surface area contributed by atoms with Gasteiger partial charge in [-0.25, -0.2) is 0 Å². The fourth-order valence-corrected chi connectivity index (χ4v) is 1.56. The molecule has 1 heterocycles. The van der Waals surface area contributed by atoms with Crippen molar-refractivity contribution < 1.29 is 4.74 Å². The number of nitrogens with zero attached hydrogens (tertiary/aromatic N) is 1. The SMILES string of the molecule is COC1CCN(C[C@@H](C)N)C1. The van der Waals surface area contributed by atoms with E-state index in [0.29, 0.717) is 6.10 Å². The Morgan fingerprint density at radius 3 is 2.91 bits per heavy atom. The van der Waals surface area contributed by atoms with Crippen LogP contribution in [0.5, 0.6) is 0 Å². The normalized spacial score (nSPS) is 29.2. The van der Waals surface area contributed by atoms with Crippen LogP contribution in [0.1, 0.15) is 13.3 Å². The van der Waals surface area contributed by atoms with Crippen molar-refractivity contribution >= 4 is 0 Å². The second kappa shape index (κ2) is 4.04. The summed E-state index contributed by atoms with van der Waals surface area (Å²) in [6.45, 7) is 5.23. The summed E-state index contributed by atoms with van der Waals surface area (Å²) in [6, 6.07) is 0.283. The molecule has 2 atom stereocenters. The van der Waals surface area contributed by atoms with Crippen molar-refractivity contribution in [2.24, 2.45) is 5.73 Å². The number of rotatable bonds is 3. The summed E-state index contributed by atoms with van der Waals surface area (Å²) >= 11 is 0. The average molecular weight is 158 g/mol. The van der Waals surface area contributed by atoms with Gasteiger partial charge in [0.2, 0.25) is 0 Å². The topological polar surface area (TPSA) is 38.5 Å². The Hall–Kier alpha value is -0.120. The maximum Gasteiger partial charge on any atom is 0.0710 e. The van der Waals surface area contributed by atoms with Crippen molar-refractivity contribution in [3.8, 4) is 0 Å². The van der Waals surface area contributed by atoms with E-state index >= 15 is 0 Å². The van der Waals surface area contributed by atoms with E-state index < -0.39 is 0 Å². The number of methoxy groups -OCH3 is 1. The van der Waals surface area contributed by atoms with E-state index in [4.69, 9.17) is 10.5 Å². The molecule has 2 N–H and O–H groups in total. The summed E-state index contributed by atoms with van der Waals surface area (Å²) in [6.07, 6.45) is 1.59. The van der Waals surface area contributed by atoms with Gasteiger partial charge < -0.3 is 10.5 Å². The van der Waals surface area contributed by atoms with E-state index in [-0.39, 0.29) is 6.04 Å². The third-order valence-corrected chi connectivity index (χ3v) is 2.11. The van der Waals surface area contributed by atoms with Gasteiger partial charge in [0.05, 0.1) is 6.10 Å². The molecule has 0 aromatic rings. The molecule has 3 nitrogen and oxygen atoms in total. The lowest BCUT2D eigenvalue weighted by atomic mass is 10.3. The first-order valence-corrected chi connectivity index (χ1v) is 4.23. The second-order valence-corrected chi connectivity index (χ2v) is 3.38. The predicted molar refractivity (Wildman–Crippen MR) is 45.5 cm³/mol. The van der Waals surface area contributed by atoms with Crippen molar-refractivity contribution in [2.75, 3.05) is 26.7 Å². The van der Waals surface area contributed by atoms with Gasteiger partial charge in [-0.05, 0) is 13.3 Å². The minimum atomic E-state index is 0.283. The number of likely N-dealkylation sites (tertiary alicyclic amines) is 1. The Bertz CT molecular complexity index is 117. The highest BCUT2D eigenvalue weighted by molar-refractivity contribution is 4.77. The third kappa shape index (κ3) is 2.77. The molecule has 0 aromatic heterocycles. The summed E-state index contributed by atoms with van der Waals surface area (Å²) in [7, 11) is 1.78. The highest BCUT2D eigenvalue weighted by Crippen LogP contribution is 2.11. The van der Waals surface area contributed by atoms with Gasteiger partial charge in [-0.15, -0.1) is 0 Å². The van der Waals surface area contributed by atoms with Crippen LogP contribution in [0, 0.1) is 0 Å². The molecule has 0 aliphatic carbocycles. The van der Waals surface area contributed by atoms with Crippen LogP contribution < -0.4 is 5.73 Å². The zero-order chi connectivity index (χ0) is 8.27. The van der Waals surface area contributed by atoms with Crippen molar-refractivity contribution in [3.63, 3.8) is 0 Å². The van der Waals surface area contributed by atoms with Crippen molar-refractivity contribution in [3.05, 3.63) is 0 Å². The van der Waals surface area contributed by atoms with Crippen LogP contribution in [0.2, 0.25) is 0 Å². The summed E-state index contributed by atoms with van der Waals surface area (Å²) in [4.78, 5) is 2.36. The monoisotopic (exact) mass is 158 g/mol. The Labute approximate surface area is 68.5 Å². The average Bonchev–Trinajstić information content (AvgIpc) is 2.34. The molecule has 1 fully saturated rings. The zero-order valence-corrected chi connectivity index (χ0v) is 7.42. The minimum absolute atomic E-state index is 0.283. The van der Waals surface area contributed by atoms with E-state index in [1.807, 2.05) is 6.92 Å². The smallest absolute Gasteiger partial charge is 0.0710 e. The van der Waals surface area contributed by atoms with Crippen LogP contribution >= 0.6 is 0 Å². The van der Waals surface area contributed by atoms with Crippen LogP contribution in [0.25, 0.3) is 0 Å². The number of hydrogen-bond acceptors (Lipinski definition) is 3. The number of nitrogens with two attached hydrogens (primary N) is 1. The highest BCUT2D eigenvalue weighted by atomic mass is 16.5. The van der Waals surface area contributed by atoms with Crippen LogP contribution in [0.3, 0.4) is 0 Å². The van der Waals surface area contributed by atoms with Gasteiger partial charge in [-0.3, -0.25) is 4.90 Å². The lowest BCUT2D eigenvalue weighted by Crippen LogP contribution is -2.34.